The molecule has 0 saturated heterocycles. The fraction of sp³-hybridized carbons (Fsp3) is 0.280. The molecular weight excluding hydrogens is 438 g/mol. The van der Waals surface area contributed by atoms with Crippen LogP contribution in [-0.2, 0) is 13.0 Å². The average Bonchev–Trinajstić information content (AvgIpc) is 3.38. The molecule has 0 aliphatic carbocycles. The number of nitrogens with one attached hydrogen (secondary N) is 1. The number of amides is 1. The summed E-state index contributed by atoms with van der Waals surface area (Å²) in [4.78, 5) is 21.6. The van der Waals surface area contributed by atoms with E-state index in [-0.39, 0.29) is 5.91 Å². The number of para-hydroxylation sites is 1. The molecule has 0 bridgehead atoms. The van der Waals surface area contributed by atoms with Crippen LogP contribution in [0.1, 0.15) is 34.1 Å². The van der Waals surface area contributed by atoms with Gasteiger partial charge < -0.3 is 15.0 Å². The van der Waals surface area contributed by atoms with Crippen LogP contribution in [0.15, 0.2) is 48.5 Å². The van der Waals surface area contributed by atoms with E-state index in [0.29, 0.717) is 12.2 Å². The maximum absolute atomic E-state index is 13.1. The fourth-order valence-corrected chi connectivity index (χ4v) is 6.36. The average molecular weight is 464 g/mol. The van der Waals surface area contributed by atoms with Gasteiger partial charge in [-0.05, 0) is 61.9 Å². The first-order valence-electron chi connectivity index (χ1n) is 10.9. The van der Waals surface area contributed by atoms with Crippen molar-refractivity contribution in [2.24, 2.45) is 0 Å². The van der Waals surface area contributed by atoms with E-state index in [1.807, 2.05) is 42.5 Å². The zero-order chi connectivity index (χ0) is 22.1. The summed E-state index contributed by atoms with van der Waals surface area (Å²) >= 11 is 3.37. The third kappa shape index (κ3) is 4.16. The van der Waals surface area contributed by atoms with Crippen molar-refractivity contribution >= 4 is 43.8 Å². The summed E-state index contributed by atoms with van der Waals surface area (Å²) in [6.45, 7) is 4.65. The van der Waals surface area contributed by atoms with Crippen molar-refractivity contribution in [3.63, 3.8) is 0 Å². The van der Waals surface area contributed by atoms with Crippen molar-refractivity contribution in [1.82, 2.24) is 9.88 Å². The highest BCUT2D eigenvalue weighted by atomic mass is 32.1. The Balaban J connectivity index is 1.48. The molecule has 0 radical (unpaired) electrons. The number of fused-ring (bicyclic) bond motifs is 2. The second kappa shape index (κ2) is 9.02. The highest BCUT2D eigenvalue weighted by Gasteiger charge is 2.26. The molecule has 5 rings (SSSR count). The van der Waals surface area contributed by atoms with Gasteiger partial charge in [-0.1, -0.05) is 19.1 Å². The number of rotatable bonds is 6. The molecule has 0 spiro atoms. The summed E-state index contributed by atoms with van der Waals surface area (Å²) in [5, 5.41) is 5.06. The third-order valence-corrected chi connectivity index (χ3v) is 7.76. The highest BCUT2D eigenvalue weighted by Crippen LogP contribution is 2.45. The molecule has 1 aliphatic heterocycles. The van der Waals surface area contributed by atoms with Gasteiger partial charge in [0.25, 0.3) is 5.91 Å². The Bertz CT molecular complexity index is 1230. The van der Waals surface area contributed by atoms with E-state index in [0.717, 1.165) is 57.5 Å². The first kappa shape index (κ1) is 21.1. The van der Waals surface area contributed by atoms with Crippen molar-refractivity contribution in [2.75, 3.05) is 25.5 Å². The molecule has 0 saturated carbocycles. The summed E-state index contributed by atoms with van der Waals surface area (Å²) in [6, 6.07) is 15.5. The minimum atomic E-state index is -0.110. The number of carbonyl (C=O) groups is 1. The number of thiazole rings is 1. The predicted octanol–water partition coefficient (Wildman–Crippen LogP) is 6.05. The van der Waals surface area contributed by atoms with Gasteiger partial charge in [0.1, 0.15) is 15.8 Å². The lowest BCUT2D eigenvalue weighted by Crippen LogP contribution is -2.25. The van der Waals surface area contributed by atoms with Crippen molar-refractivity contribution in [2.45, 2.75) is 26.3 Å². The van der Waals surface area contributed by atoms with Gasteiger partial charge >= 0.3 is 0 Å². The lowest BCUT2D eigenvalue weighted by atomic mass is 10.0. The Morgan fingerprint density at radius 2 is 1.97 bits per heavy atom. The second-order valence-electron chi connectivity index (χ2n) is 8.01. The van der Waals surface area contributed by atoms with Crippen LogP contribution in [-0.4, -0.2) is 36.0 Å². The number of hydrogen-bond donors (Lipinski definition) is 1. The number of likely N-dealkylation sites (N-methyl/N-ethyl adjacent to an activating group) is 1. The molecule has 1 N–H and O–H groups in total. The van der Waals surface area contributed by atoms with Crippen LogP contribution in [0.25, 0.3) is 20.8 Å². The second-order valence-corrected chi connectivity index (χ2v) is 10.1. The Morgan fingerprint density at radius 3 is 2.75 bits per heavy atom. The van der Waals surface area contributed by atoms with Crippen molar-refractivity contribution in [3.05, 3.63) is 64.5 Å². The molecule has 164 valence electrons. The monoisotopic (exact) mass is 463 g/mol. The molecule has 4 aromatic rings. The van der Waals surface area contributed by atoms with E-state index in [1.54, 1.807) is 22.7 Å². The number of thiophene rings is 1. The van der Waals surface area contributed by atoms with Crippen LogP contribution in [0.4, 0.5) is 5.00 Å². The van der Waals surface area contributed by atoms with E-state index in [2.05, 4.69) is 30.3 Å². The summed E-state index contributed by atoms with van der Waals surface area (Å²) in [6.07, 6.45) is 1.92. The third-order valence-electron chi connectivity index (χ3n) is 5.57. The zero-order valence-corrected chi connectivity index (χ0v) is 19.8. The van der Waals surface area contributed by atoms with Gasteiger partial charge in [0.2, 0.25) is 0 Å². The number of nitrogens with zero attached hydrogens (tertiary/aromatic N) is 2. The van der Waals surface area contributed by atoms with Gasteiger partial charge in [0.05, 0.1) is 16.8 Å². The van der Waals surface area contributed by atoms with Crippen LogP contribution in [0, 0.1) is 0 Å². The number of hydrogen-bond acceptors (Lipinski definition) is 6. The number of aromatic nitrogens is 1. The zero-order valence-electron chi connectivity index (χ0n) is 18.2. The predicted molar refractivity (Wildman–Crippen MR) is 133 cm³/mol. The smallest absolute Gasteiger partial charge is 0.256 e. The van der Waals surface area contributed by atoms with Crippen LogP contribution >= 0.6 is 22.7 Å². The molecule has 5 nitrogen and oxygen atoms in total. The van der Waals surface area contributed by atoms with Crippen molar-refractivity contribution < 1.29 is 9.53 Å². The maximum atomic E-state index is 13.1. The normalized spacial score (nSPS) is 13.8. The SMILES string of the molecule is CCCOc1ccc(C(=O)Nc2sc3c(c2-c2nc4ccccc4s2)CCN(C)C3)cc1. The van der Waals surface area contributed by atoms with Crippen molar-refractivity contribution in [1.29, 1.82) is 0 Å². The number of benzene rings is 2. The van der Waals surface area contributed by atoms with E-state index >= 15 is 0 Å². The van der Waals surface area contributed by atoms with Gasteiger partial charge in [-0.3, -0.25) is 4.79 Å². The van der Waals surface area contributed by atoms with Gasteiger partial charge in [-0.15, -0.1) is 22.7 Å². The Morgan fingerprint density at radius 1 is 1.16 bits per heavy atom. The molecule has 2 aromatic carbocycles. The molecule has 0 fully saturated rings. The van der Waals surface area contributed by atoms with Gasteiger partial charge in [0, 0.05) is 29.1 Å². The minimum absolute atomic E-state index is 0.110. The molecule has 0 atom stereocenters. The number of anilines is 1. The van der Waals surface area contributed by atoms with Crippen LogP contribution in [0.2, 0.25) is 0 Å². The standard InChI is InChI=1S/C25H25N3O2S2/c1-3-14-30-17-10-8-16(9-11-17)23(29)27-25-22(18-12-13-28(2)15-21(18)32-25)24-26-19-6-4-5-7-20(19)31-24/h4-11H,3,12-15H2,1-2H3,(H,27,29). The van der Waals surface area contributed by atoms with E-state index in [9.17, 15) is 4.79 Å². The van der Waals surface area contributed by atoms with Gasteiger partial charge in [-0.2, -0.15) is 0 Å². The molecule has 7 heteroatoms. The lowest BCUT2D eigenvalue weighted by Gasteiger charge is -2.22. The van der Waals surface area contributed by atoms with Gasteiger partial charge in [0.15, 0.2) is 0 Å². The summed E-state index contributed by atoms with van der Waals surface area (Å²) < 4.78 is 6.80. The minimum Gasteiger partial charge on any atom is -0.494 e. The maximum Gasteiger partial charge on any atom is 0.256 e. The van der Waals surface area contributed by atoms with E-state index < -0.39 is 0 Å². The van der Waals surface area contributed by atoms with Crippen molar-refractivity contribution in [3.8, 4) is 16.3 Å². The molecule has 0 unspecified atom stereocenters. The molecule has 2 aromatic heterocycles. The van der Waals surface area contributed by atoms with E-state index in [1.165, 1.54) is 10.4 Å². The van der Waals surface area contributed by atoms with Crippen LogP contribution in [0.3, 0.4) is 0 Å². The lowest BCUT2D eigenvalue weighted by molar-refractivity contribution is 0.102. The molecule has 1 aliphatic rings. The number of ether oxygens (including phenoxy) is 1. The van der Waals surface area contributed by atoms with Gasteiger partial charge in [-0.25, -0.2) is 4.98 Å². The Kier molecular flexibility index (Phi) is 5.95. The molecular formula is C25H25N3O2S2. The summed E-state index contributed by atoms with van der Waals surface area (Å²) in [5.74, 6) is 0.676. The first-order chi connectivity index (χ1) is 15.6. The van der Waals surface area contributed by atoms with E-state index in [4.69, 9.17) is 9.72 Å². The largest absolute Gasteiger partial charge is 0.494 e. The van der Waals surface area contributed by atoms with Crippen LogP contribution in [0.5, 0.6) is 5.75 Å². The first-order valence-corrected chi connectivity index (χ1v) is 12.5. The Hall–Kier alpha value is -2.74. The van der Waals surface area contributed by atoms with Crippen LogP contribution < -0.4 is 10.1 Å². The molecule has 3 heterocycles. The topological polar surface area (TPSA) is 54.5 Å². The summed E-state index contributed by atoms with van der Waals surface area (Å²) in [7, 11) is 2.14. The quantitative estimate of drug-likeness (QED) is 0.378. The number of carbonyl (C=O) groups excluding carboxylic acids is 1. The highest BCUT2D eigenvalue weighted by molar-refractivity contribution is 7.23. The molecule has 1 amide bonds. The summed E-state index contributed by atoms with van der Waals surface area (Å²) in [5.41, 5.74) is 4.04. The fourth-order valence-electron chi connectivity index (χ4n) is 3.92. The Labute approximate surface area is 195 Å². The molecule has 32 heavy (non-hydrogen) atoms.